The molecular weight excluding hydrogens is 553 g/mol. The van der Waals surface area contributed by atoms with Crippen LogP contribution in [-0.2, 0) is 15.8 Å². The lowest BCUT2D eigenvalue weighted by molar-refractivity contribution is -0.150. The molecule has 0 aliphatic heterocycles. The number of amides is 2. The Hall–Kier alpha value is -2.98. The predicted molar refractivity (Wildman–Crippen MR) is 147 cm³/mol. The lowest BCUT2D eigenvalue weighted by Crippen LogP contribution is -2.51. The van der Waals surface area contributed by atoms with Crippen LogP contribution in [0.5, 0.6) is 11.5 Å². The molecule has 4 unspecified atom stereocenters. The number of alkyl halides is 3. The molecule has 4 aliphatic carbocycles. The van der Waals surface area contributed by atoms with Crippen LogP contribution in [0.25, 0.3) is 0 Å². The number of halogens is 3. The highest BCUT2D eigenvalue weighted by Gasteiger charge is 2.52. The Morgan fingerprint density at radius 2 is 1.67 bits per heavy atom. The Balaban J connectivity index is 1.35. The van der Waals surface area contributed by atoms with E-state index in [-0.39, 0.29) is 60.2 Å². The van der Waals surface area contributed by atoms with Gasteiger partial charge >= 0.3 is 12.1 Å². The van der Waals surface area contributed by atoms with E-state index >= 15 is 0 Å². The Morgan fingerprint density at radius 1 is 1.00 bits per heavy atom. The van der Waals surface area contributed by atoms with E-state index in [1.54, 1.807) is 6.92 Å². The fourth-order valence-electron chi connectivity index (χ4n) is 7.45. The van der Waals surface area contributed by atoms with Crippen molar-refractivity contribution in [2.24, 2.45) is 28.6 Å². The number of aliphatic carboxylic acids is 1. The molecule has 0 aromatic heterocycles. The molecule has 0 radical (unpaired) electrons. The topological polar surface area (TPSA) is 114 Å². The highest BCUT2D eigenvalue weighted by molar-refractivity contribution is 5.98. The van der Waals surface area contributed by atoms with Crippen LogP contribution in [0.1, 0.15) is 94.0 Å². The average molecular weight is 595 g/mol. The maximum Gasteiger partial charge on any atom is 0.420 e. The van der Waals surface area contributed by atoms with E-state index in [1.165, 1.54) is 7.11 Å². The van der Waals surface area contributed by atoms with E-state index < -0.39 is 52.8 Å². The summed E-state index contributed by atoms with van der Waals surface area (Å²) < 4.78 is 53.3. The molecule has 11 heteroatoms. The molecule has 232 valence electrons. The molecule has 42 heavy (non-hydrogen) atoms. The molecule has 1 aromatic rings. The number of methoxy groups -OCH3 is 1. The van der Waals surface area contributed by atoms with E-state index in [4.69, 9.17) is 9.47 Å². The molecule has 0 heterocycles. The average Bonchev–Trinajstić information content (AvgIpc) is 3.53. The zero-order chi connectivity index (χ0) is 30.4. The van der Waals surface area contributed by atoms with Gasteiger partial charge in [0.1, 0.15) is 17.1 Å². The number of fused-ring (bicyclic) bond motifs is 2. The highest BCUT2D eigenvalue weighted by Crippen LogP contribution is 2.49. The summed E-state index contributed by atoms with van der Waals surface area (Å²) in [6, 6.07) is 1.43. The highest BCUT2D eigenvalue weighted by atomic mass is 19.4. The number of carbonyl (C=O) groups excluding carboxylic acids is 2. The number of carboxylic acids is 1. The van der Waals surface area contributed by atoms with Crippen LogP contribution >= 0.6 is 0 Å². The molecule has 5 rings (SSSR count). The van der Waals surface area contributed by atoms with Crippen molar-refractivity contribution in [3.05, 3.63) is 23.3 Å². The summed E-state index contributed by atoms with van der Waals surface area (Å²) in [5.41, 5.74) is -2.00. The largest absolute Gasteiger partial charge is 0.496 e. The predicted octanol–water partition coefficient (Wildman–Crippen LogP) is 5.58. The zero-order valence-electron chi connectivity index (χ0n) is 24.4. The number of benzene rings is 1. The Bertz CT molecular complexity index is 1220. The van der Waals surface area contributed by atoms with Gasteiger partial charge in [-0.25, -0.2) is 0 Å². The molecule has 1 aromatic carbocycles. The third kappa shape index (κ3) is 5.93. The van der Waals surface area contributed by atoms with Gasteiger partial charge in [-0.15, -0.1) is 0 Å². The minimum atomic E-state index is -4.77. The van der Waals surface area contributed by atoms with Gasteiger partial charge in [-0.1, -0.05) is 13.3 Å². The van der Waals surface area contributed by atoms with E-state index in [9.17, 15) is 32.7 Å². The number of hydrogen-bond donors (Lipinski definition) is 3. The van der Waals surface area contributed by atoms with Gasteiger partial charge in [0.2, 0.25) is 5.91 Å². The van der Waals surface area contributed by atoms with Crippen LogP contribution in [0.2, 0.25) is 0 Å². The number of rotatable bonds is 9. The monoisotopic (exact) mass is 594 g/mol. The number of nitrogens with one attached hydrogen (secondary N) is 2. The SMILES string of the molecule is COc1cc(C(F)(F)F)c(OC2CCC(C)(C(=O)O)CC2)cc1C(=O)NC1C2CCC(C2)C1C(=O)NCC1(C)CCC1. The minimum absolute atomic E-state index is 0.0744. The quantitative estimate of drug-likeness (QED) is 0.344. The van der Waals surface area contributed by atoms with Crippen LogP contribution in [0, 0.1) is 28.6 Å². The van der Waals surface area contributed by atoms with Crippen molar-refractivity contribution in [2.45, 2.75) is 96.4 Å². The summed E-state index contributed by atoms with van der Waals surface area (Å²) in [6.45, 7) is 4.38. The molecular formula is C31H41F3N2O6. The first-order chi connectivity index (χ1) is 19.7. The standard InChI is InChI=1S/C31H41F3N2O6/c1-29(9-4-10-29)16-35-27(38)24-17-5-6-18(13-17)25(24)36-26(37)20-14-23(21(31(32,33)34)15-22(20)41-3)42-19-7-11-30(2,12-8-19)28(39)40/h14-15,17-19,24-25H,4-13,16H2,1-3H3,(H,35,38)(H,36,37)(H,39,40). The number of carbonyl (C=O) groups is 3. The Labute approximate surface area is 244 Å². The number of hydrogen-bond acceptors (Lipinski definition) is 5. The van der Waals surface area contributed by atoms with Gasteiger partial charge in [0, 0.05) is 12.6 Å². The van der Waals surface area contributed by atoms with Gasteiger partial charge < -0.3 is 25.2 Å². The van der Waals surface area contributed by atoms with Gasteiger partial charge in [0.15, 0.2) is 0 Å². The first kappa shape index (κ1) is 30.5. The lowest BCUT2D eigenvalue weighted by atomic mass is 9.70. The summed E-state index contributed by atoms with van der Waals surface area (Å²) in [6.07, 6.45) is 1.61. The second-order valence-electron chi connectivity index (χ2n) is 13.5. The van der Waals surface area contributed by atoms with Gasteiger partial charge in [0.05, 0.1) is 30.1 Å². The van der Waals surface area contributed by atoms with Crippen molar-refractivity contribution in [2.75, 3.05) is 13.7 Å². The van der Waals surface area contributed by atoms with Crippen LogP contribution < -0.4 is 20.1 Å². The van der Waals surface area contributed by atoms with Gasteiger partial charge in [0.25, 0.3) is 5.91 Å². The van der Waals surface area contributed by atoms with Crippen molar-refractivity contribution < 1.29 is 42.1 Å². The van der Waals surface area contributed by atoms with Crippen molar-refractivity contribution in [3.63, 3.8) is 0 Å². The summed E-state index contributed by atoms with van der Waals surface area (Å²) in [7, 11) is 1.20. The van der Waals surface area contributed by atoms with E-state index in [0.29, 0.717) is 6.54 Å². The van der Waals surface area contributed by atoms with E-state index in [1.807, 2.05) is 0 Å². The van der Waals surface area contributed by atoms with E-state index in [0.717, 1.165) is 50.7 Å². The Morgan fingerprint density at radius 3 is 2.24 bits per heavy atom. The van der Waals surface area contributed by atoms with Crippen LogP contribution in [0.3, 0.4) is 0 Å². The third-order valence-corrected chi connectivity index (χ3v) is 10.5. The second kappa shape index (κ2) is 11.3. The lowest BCUT2D eigenvalue weighted by Gasteiger charge is -2.39. The maximum absolute atomic E-state index is 14.1. The fraction of sp³-hybridized carbons (Fsp3) is 0.710. The zero-order valence-corrected chi connectivity index (χ0v) is 24.4. The van der Waals surface area contributed by atoms with Crippen molar-refractivity contribution in [1.29, 1.82) is 0 Å². The minimum Gasteiger partial charge on any atom is -0.496 e. The third-order valence-electron chi connectivity index (χ3n) is 10.5. The van der Waals surface area contributed by atoms with Gasteiger partial charge in [-0.05, 0) is 94.1 Å². The number of carboxylic acid groups (broad SMARTS) is 1. The molecule has 4 aliphatic rings. The first-order valence-corrected chi connectivity index (χ1v) is 15.0. The van der Waals surface area contributed by atoms with Crippen LogP contribution in [0.15, 0.2) is 12.1 Å². The van der Waals surface area contributed by atoms with Crippen molar-refractivity contribution in [1.82, 2.24) is 10.6 Å². The summed E-state index contributed by atoms with van der Waals surface area (Å²) in [5, 5.41) is 15.6. The molecule has 8 nitrogen and oxygen atoms in total. The van der Waals surface area contributed by atoms with Crippen molar-refractivity contribution >= 4 is 17.8 Å². The van der Waals surface area contributed by atoms with E-state index in [2.05, 4.69) is 17.6 Å². The molecule has 2 bridgehead atoms. The normalized spacial score (nSPS) is 31.6. The molecule has 4 fully saturated rings. The number of ether oxygens (including phenoxy) is 2. The maximum atomic E-state index is 14.1. The van der Waals surface area contributed by atoms with Crippen LogP contribution in [0.4, 0.5) is 13.2 Å². The molecule has 0 saturated heterocycles. The van der Waals surface area contributed by atoms with Gasteiger partial charge in [-0.2, -0.15) is 13.2 Å². The molecule has 2 amide bonds. The fourth-order valence-corrected chi connectivity index (χ4v) is 7.45. The smallest absolute Gasteiger partial charge is 0.420 e. The Kier molecular flexibility index (Phi) is 8.17. The summed E-state index contributed by atoms with van der Waals surface area (Å²) in [5.74, 6) is -2.47. The summed E-state index contributed by atoms with van der Waals surface area (Å²) >= 11 is 0. The molecule has 3 N–H and O–H groups in total. The molecule has 0 spiro atoms. The van der Waals surface area contributed by atoms with Gasteiger partial charge in [-0.3, -0.25) is 14.4 Å². The molecule has 4 atom stereocenters. The summed E-state index contributed by atoms with van der Waals surface area (Å²) in [4.78, 5) is 38.6. The van der Waals surface area contributed by atoms with Crippen LogP contribution in [-0.4, -0.2) is 48.7 Å². The van der Waals surface area contributed by atoms with Crippen molar-refractivity contribution in [3.8, 4) is 11.5 Å². The first-order valence-electron chi connectivity index (χ1n) is 15.0. The molecule has 4 saturated carbocycles. The second-order valence-corrected chi connectivity index (χ2v) is 13.5.